The number of nitrogens with one attached hydrogen (secondary N) is 1. The molecule has 1 aliphatic rings. The number of aliphatic carboxylic acids is 1. The number of ketones is 1. The Morgan fingerprint density at radius 1 is 0.878 bits per heavy atom. The van der Waals surface area contributed by atoms with E-state index in [1.165, 1.54) is 36.1 Å². The van der Waals surface area contributed by atoms with Crippen molar-refractivity contribution >= 4 is 35.1 Å². The first kappa shape index (κ1) is 28.1. The van der Waals surface area contributed by atoms with E-state index in [2.05, 4.69) is 5.32 Å². The number of carboxylic acids is 1. The SMILES string of the molecule is Cc1cccc(C(=O)C2C(c3ccc(Cl)cc3)N(C(=O)Nc3ccccc3)C(C)(C(=O)O)C2c2ccc(F)cc2)c1. The van der Waals surface area contributed by atoms with E-state index in [-0.39, 0.29) is 5.78 Å². The first-order chi connectivity index (χ1) is 19.6. The summed E-state index contributed by atoms with van der Waals surface area (Å²) in [6, 6.07) is 26.1. The summed E-state index contributed by atoms with van der Waals surface area (Å²) in [6.45, 7) is 3.31. The van der Waals surface area contributed by atoms with Gasteiger partial charge in [-0.05, 0) is 67.4 Å². The van der Waals surface area contributed by atoms with Gasteiger partial charge in [-0.25, -0.2) is 14.0 Å². The Morgan fingerprint density at radius 2 is 1.51 bits per heavy atom. The molecule has 4 atom stereocenters. The first-order valence-electron chi connectivity index (χ1n) is 13.1. The maximum absolute atomic E-state index is 14.5. The normalized spacial score (nSPS) is 21.9. The monoisotopic (exact) mass is 570 g/mol. The highest BCUT2D eigenvalue weighted by Crippen LogP contribution is 2.56. The van der Waals surface area contributed by atoms with E-state index < -0.39 is 41.2 Å². The Kier molecular flexibility index (Phi) is 7.65. The quantitative estimate of drug-likeness (QED) is 0.235. The maximum Gasteiger partial charge on any atom is 0.330 e. The van der Waals surface area contributed by atoms with Crippen LogP contribution in [0.2, 0.25) is 5.02 Å². The minimum Gasteiger partial charge on any atom is -0.479 e. The van der Waals surface area contributed by atoms with Crippen molar-refractivity contribution in [2.24, 2.45) is 5.92 Å². The summed E-state index contributed by atoms with van der Waals surface area (Å²) in [5.41, 5.74) is 0.767. The van der Waals surface area contributed by atoms with Crippen molar-refractivity contribution < 1.29 is 23.9 Å². The van der Waals surface area contributed by atoms with Crippen LogP contribution in [-0.4, -0.2) is 33.3 Å². The molecular weight excluding hydrogens is 543 g/mol. The van der Waals surface area contributed by atoms with Gasteiger partial charge in [0.2, 0.25) is 0 Å². The molecule has 4 unspecified atom stereocenters. The van der Waals surface area contributed by atoms with Gasteiger partial charge in [0.25, 0.3) is 0 Å². The van der Waals surface area contributed by atoms with E-state index in [0.29, 0.717) is 27.4 Å². The molecule has 0 spiro atoms. The number of aryl methyl sites for hydroxylation is 1. The van der Waals surface area contributed by atoms with Gasteiger partial charge in [-0.1, -0.05) is 77.8 Å². The zero-order valence-electron chi connectivity index (χ0n) is 22.4. The van der Waals surface area contributed by atoms with E-state index in [9.17, 15) is 23.9 Å². The summed E-state index contributed by atoms with van der Waals surface area (Å²) in [4.78, 5) is 43.2. The molecule has 1 aliphatic heterocycles. The van der Waals surface area contributed by atoms with Crippen LogP contribution in [0.4, 0.5) is 14.9 Å². The number of nitrogens with zero attached hydrogens (tertiary/aromatic N) is 1. The smallest absolute Gasteiger partial charge is 0.330 e. The van der Waals surface area contributed by atoms with Crippen LogP contribution in [0.15, 0.2) is 103 Å². The van der Waals surface area contributed by atoms with Gasteiger partial charge >= 0.3 is 12.0 Å². The third-order valence-corrected chi connectivity index (χ3v) is 8.06. The van der Waals surface area contributed by atoms with Gasteiger partial charge in [0.15, 0.2) is 5.78 Å². The molecule has 8 heteroatoms. The molecular formula is C33H28ClFN2O4. The minimum absolute atomic E-state index is 0.328. The average Bonchev–Trinajstić information content (AvgIpc) is 3.24. The topological polar surface area (TPSA) is 86.7 Å². The number of anilines is 1. The molecule has 41 heavy (non-hydrogen) atoms. The summed E-state index contributed by atoms with van der Waals surface area (Å²) in [5.74, 6) is -4.20. The third-order valence-electron chi connectivity index (χ3n) is 7.81. The van der Waals surface area contributed by atoms with Crippen LogP contribution in [0.1, 0.15) is 45.9 Å². The van der Waals surface area contributed by atoms with Crippen molar-refractivity contribution in [2.45, 2.75) is 31.3 Å². The summed E-state index contributed by atoms with van der Waals surface area (Å²) >= 11 is 6.19. The number of halogens is 2. The Balaban J connectivity index is 1.78. The van der Waals surface area contributed by atoms with E-state index >= 15 is 0 Å². The number of para-hydroxylation sites is 1. The fourth-order valence-electron chi connectivity index (χ4n) is 5.91. The van der Waals surface area contributed by atoms with Crippen LogP contribution in [0.25, 0.3) is 0 Å². The lowest BCUT2D eigenvalue weighted by molar-refractivity contribution is -0.148. The summed E-state index contributed by atoms with van der Waals surface area (Å²) in [5, 5.41) is 14.1. The van der Waals surface area contributed by atoms with E-state index in [0.717, 1.165) is 5.56 Å². The molecule has 1 heterocycles. The lowest BCUT2D eigenvalue weighted by Crippen LogP contribution is -2.55. The molecule has 2 N–H and O–H groups in total. The van der Waals surface area contributed by atoms with Crippen molar-refractivity contribution in [1.29, 1.82) is 0 Å². The molecule has 2 amide bonds. The maximum atomic E-state index is 14.5. The van der Waals surface area contributed by atoms with Gasteiger partial charge in [-0.3, -0.25) is 9.69 Å². The van der Waals surface area contributed by atoms with Crippen LogP contribution in [-0.2, 0) is 4.79 Å². The molecule has 0 aliphatic carbocycles. The van der Waals surface area contributed by atoms with Gasteiger partial charge in [-0.2, -0.15) is 0 Å². The van der Waals surface area contributed by atoms with Crippen molar-refractivity contribution in [3.05, 3.63) is 136 Å². The number of carbonyl (C=O) groups is 3. The molecule has 0 radical (unpaired) electrons. The third kappa shape index (κ3) is 5.21. The first-order valence-corrected chi connectivity index (χ1v) is 13.5. The molecule has 4 aromatic rings. The highest BCUT2D eigenvalue weighted by atomic mass is 35.5. The second kappa shape index (κ2) is 11.2. The highest BCUT2D eigenvalue weighted by molar-refractivity contribution is 6.30. The summed E-state index contributed by atoms with van der Waals surface area (Å²) in [7, 11) is 0. The van der Waals surface area contributed by atoms with Crippen LogP contribution in [0.5, 0.6) is 0 Å². The molecule has 4 aromatic carbocycles. The number of urea groups is 1. The Morgan fingerprint density at radius 3 is 2.12 bits per heavy atom. The largest absolute Gasteiger partial charge is 0.479 e. The van der Waals surface area contributed by atoms with Crippen LogP contribution >= 0.6 is 11.6 Å². The van der Waals surface area contributed by atoms with E-state index in [1.54, 1.807) is 72.8 Å². The number of Topliss-reactive ketones (excluding diaryl/α,β-unsaturated/α-hetero) is 1. The average molecular weight is 571 g/mol. The number of benzene rings is 4. The second-order valence-corrected chi connectivity index (χ2v) is 10.8. The zero-order chi connectivity index (χ0) is 29.3. The van der Waals surface area contributed by atoms with Crippen molar-refractivity contribution in [1.82, 2.24) is 4.90 Å². The zero-order valence-corrected chi connectivity index (χ0v) is 23.2. The molecule has 0 aromatic heterocycles. The Labute approximate surface area is 242 Å². The number of carboxylic acid groups (broad SMARTS) is 1. The van der Waals surface area contributed by atoms with E-state index in [1.807, 2.05) is 13.0 Å². The predicted octanol–water partition coefficient (Wildman–Crippen LogP) is 7.50. The molecule has 6 nitrogen and oxygen atoms in total. The number of hydrogen-bond acceptors (Lipinski definition) is 3. The van der Waals surface area contributed by atoms with Gasteiger partial charge < -0.3 is 10.4 Å². The Hall–Kier alpha value is -4.49. The van der Waals surface area contributed by atoms with Crippen molar-refractivity contribution in [2.75, 3.05) is 5.32 Å². The fraction of sp³-hybridized carbons (Fsp3) is 0.182. The lowest BCUT2D eigenvalue weighted by atomic mass is 9.71. The fourth-order valence-corrected chi connectivity index (χ4v) is 6.04. The highest BCUT2D eigenvalue weighted by Gasteiger charge is 2.65. The minimum atomic E-state index is -1.91. The van der Waals surface area contributed by atoms with Gasteiger partial charge in [0, 0.05) is 22.2 Å². The van der Waals surface area contributed by atoms with Crippen molar-refractivity contribution in [3.63, 3.8) is 0 Å². The summed E-state index contributed by atoms with van der Waals surface area (Å²) in [6.07, 6.45) is 0. The number of rotatable bonds is 6. The van der Waals surface area contributed by atoms with Gasteiger partial charge in [0.05, 0.1) is 12.0 Å². The molecule has 1 fully saturated rings. The second-order valence-electron chi connectivity index (χ2n) is 10.4. The van der Waals surface area contributed by atoms with Crippen molar-refractivity contribution in [3.8, 4) is 0 Å². The Bertz CT molecular complexity index is 1590. The van der Waals surface area contributed by atoms with Gasteiger partial charge in [0.1, 0.15) is 11.4 Å². The standard InChI is InChI=1S/C33H28ClFN2O4/c1-20-7-6-8-23(19-20)30(38)27-28(21-13-17-25(35)18-14-21)33(2,31(39)40)37(29(27)22-11-15-24(34)16-12-22)32(41)36-26-9-4-3-5-10-26/h3-19,27-29H,1-2H3,(H,36,41)(H,39,40). The number of likely N-dealkylation sites (tertiary alicyclic amines) is 1. The van der Waals surface area contributed by atoms with Crippen LogP contribution in [0, 0.1) is 18.7 Å². The van der Waals surface area contributed by atoms with Crippen LogP contribution < -0.4 is 5.32 Å². The molecule has 1 saturated heterocycles. The number of carbonyl (C=O) groups excluding carboxylic acids is 2. The molecule has 208 valence electrons. The molecule has 5 rings (SSSR count). The lowest BCUT2D eigenvalue weighted by Gasteiger charge is -2.37. The number of hydrogen-bond donors (Lipinski definition) is 2. The number of amides is 2. The predicted molar refractivity (Wildman–Crippen MR) is 156 cm³/mol. The molecule has 0 bridgehead atoms. The van der Waals surface area contributed by atoms with Gasteiger partial charge in [-0.15, -0.1) is 0 Å². The molecule has 0 saturated carbocycles. The van der Waals surface area contributed by atoms with Crippen LogP contribution in [0.3, 0.4) is 0 Å². The van der Waals surface area contributed by atoms with E-state index in [4.69, 9.17) is 11.6 Å². The summed E-state index contributed by atoms with van der Waals surface area (Å²) < 4.78 is 14.0.